The van der Waals surface area contributed by atoms with Crippen LogP contribution in [0.3, 0.4) is 0 Å². The number of nitrogens with one attached hydrogen (secondary N) is 1. The molecule has 7 heteroatoms. The maximum atomic E-state index is 13.4. The van der Waals surface area contributed by atoms with E-state index in [-0.39, 0.29) is 23.8 Å². The highest BCUT2D eigenvalue weighted by atomic mass is 35.5. The van der Waals surface area contributed by atoms with Crippen LogP contribution in [-0.4, -0.2) is 23.0 Å². The second-order valence-electron chi connectivity index (χ2n) is 7.87. The van der Waals surface area contributed by atoms with Crippen molar-refractivity contribution in [2.45, 2.75) is 31.2 Å². The van der Waals surface area contributed by atoms with Crippen molar-refractivity contribution in [2.24, 2.45) is 5.92 Å². The largest absolute Gasteiger partial charge is 0.334 e. The van der Waals surface area contributed by atoms with Crippen LogP contribution in [-0.2, 0) is 4.79 Å². The number of carbonyl (C=O) groups excluding carboxylic acids is 2. The second kappa shape index (κ2) is 7.56. The Balaban J connectivity index is 1.44. The summed E-state index contributed by atoms with van der Waals surface area (Å²) in [5.41, 5.74) is 1.50. The van der Waals surface area contributed by atoms with Crippen molar-refractivity contribution in [3.63, 3.8) is 0 Å². The molecule has 1 aliphatic carbocycles. The SMILES string of the molecule is O=C1NC2CC(c3cccc(Cl)c3Cl)CCC2C(=O)N1c1cncc2ccccc12. The normalized spacial score (nSPS) is 23.9. The van der Waals surface area contributed by atoms with E-state index in [9.17, 15) is 9.59 Å². The predicted octanol–water partition coefficient (Wildman–Crippen LogP) is 5.55. The number of pyridine rings is 1. The number of urea groups is 1. The van der Waals surface area contributed by atoms with Gasteiger partial charge in [-0.2, -0.15) is 0 Å². The second-order valence-corrected chi connectivity index (χ2v) is 8.65. The van der Waals surface area contributed by atoms with Crippen LogP contribution >= 0.6 is 23.2 Å². The zero-order valence-electron chi connectivity index (χ0n) is 16.0. The van der Waals surface area contributed by atoms with Gasteiger partial charge in [0.2, 0.25) is 5.91 Å². The summed E-state index contributed by atoms with van der Waals surface area (Å²) < 4.78 is 0. The number of hydrogen-bond acceptors (Lipinski definition) is 3. The molecular formula is C23H19Cl2N3O2. The molecule has 2 aromatic carbocycles. The molecule has 30 heavy (non-hydrogen) atoms. The van der Waals surface area contributed by atoms with E-state index in [1.54, 1.807) is 18.5 Å². The first-order chi connectivity index (χ1) is 14.5. The average Bonchev–Trinajstić information content (AvgIpc) is 2.75. The molecule has 1 N–H and O–H groups in total. The van der Waals surface area contributed by atoms with Crippen LogP contribution in [0.5, 0.6) is 0 Å². The molecule has 1 saturated carbocycles. The van der Waals surface area contributed by atoms with E-state index in [1.807, 2.05) is 36.4 Å². The van der Waals surface area contributed by atoms with Gasteiger partial charge >= 0.3 is 6.03 Å². The molecule has 1 aromatic heterocycles. The minimum Gasteiger partial charge on any atom is -0.334 e. The van der Waals surface area contributed by atoms with Crippen LogP contribution in [0.2, 0.25) is 10.0 Å². The highest BCUT2D eigenvalue weighted by molar-refractivity contribution is 6.42. The molecule has 2 heterocycles. The molecule has 5 nitrogen and oxygen atoms in total. The van der Waals surface area contributed by atoms with E-state index in [4.69, 9.17) is 23.2 Å². The third-order valence-corrected chi connectivity index (χ3v) is 7.04. The van der Waals surface area contributed by atoms with Crippen LogP contribution in [0.15, 0.2) is 54.9 Å². The molecule has 1 aliphatic heterocycles. The summed E-state index contributed by atoms with van der Waals surface area (Å²) in [4.78, 5) is 31.8. The molecule has 3 atom stereocenters. The van der Waals surface area contributed by atoms with Gasteiger partial charge in [-0.15, -0.1) is 0 Å². The van der Waals surface area contributed by atoms with E-state index >= 15 is 0 Å². The summed E-state index contributed by atoms with van der Waals surface area (Å²) >= 11 is 12.6. The maximum Gasteiger partial charge on any atom is 0.329 e. The maximum absolute atomic E-state index is 13.4. The Morgan fingerprint density at radius 2 is 1.83 bits per heavy atom. The molecule has 3 unspecified atom stereocenters. The fraction of sp³-hybridized carbons (Fsp3) is 0.261. The van der Waals surface area contributed by atoms with Crippen molar-refractivity contribution in [1.29, 1.82) is 0 Å². The number of benzene rings is 2. The lowest BCUT2D eigenvalue weighted by Crippen LogP contribution is -2.61. The minimum atomic E-state index is -0.405. The zero-order valence-corrected chi connectivity index (χ0v) is 17.5. The van der Waals surface area contributed by atoms with Gasteiger partial charge in [0, 0.05) is 23.0 Å². The summed E-state index contributed by atoms with van der Waals surface area (Å²) in [7, 11) is 0. The molecule has 1 saturated heterocycles. The number of amides is 3. The number of fused-ring (bicyclic) bond motifs is 2. The summed E-state index contributed by atoms with van der Waals surface area (Å²) in [6.07, 6.45) is 5.45. The van der Waals surface area contributed by atoms with Gasteiger partial charge in [-0.25, -0.2) is 9.69 Å². The first-order valence-electron chi connectivity index (χ1n) is 9.95. The molecule has 2 aliphatic rings. The Morgan fingerprint density at radius 1 is 1.00 bits per heavy atom. The summed E-state index contributed by atoms with van der Waals surface area (Å²) in [5, 5.41) is 5.85. The number of anilines is 1. The number of nitrogens with zero attached hydrogens (tertiary/aromatic N) is 2. The monoisotopic (exact) mass is 439 g/mol. The molecule has 0 bridgehead atoms. The van der Waals surface area contributed by atoms with Gasteiger partial charge in [-0.1, -0.05) is 59.6 Å². The van der Waals surface area contributed by atoms with Crippen molar-refractivity contribution in [3.05, 3.63) is 70.5 Å². The van der Waals surface area contributed by atoms with Gasteiger partial charge in [0.15, 0.2) is 0 Å². The lowest BCUT2D eigenvalue weighted by atomic mass is 9.74. The third kappa shape index (κ3) is 3.13. The van der Waals surface area contributed by atoms with Crippen LogP contribution in [0.4, 0.5) is 10.5 Å². The molecule has 3 aromatic rings. The van der Waals surface area contributed by atoms with Crippen molar-refractivity contribution < 1.29 is 9.59 Å². The number of hydrogen-bond donors (Lipinski definition) is 1. The van der Waals surface area contributed by atoms with Crippen LogP contribution in [0.1, 0.15) is 30.7 Å². The number of imide groups is 1. The molecule has 0 radical (unpaired) electrons. The quantitative estimate of drug-likeness (QED) is 0.569. The molecule has 152 valence electrons. The van der Waals surface area contributed by atoms with Crippen molar-refractivity contribution in [3.8, 4) is 0 Å². The van der Waals surface area contributed by atoms with E-state index in [0.29, 0.717) is 28.6 Å². The van der Waals surface area contributed by atoms with Gasteiger partial charge in [0.25, 0.3) is 0 Å². The number of rotatable bonds is 2. The van der Waals surface area contributed by atoms with Crippen molar-refractivity contribution in [1.82, 2.24) is 10.3 Å². The Kier molecular flexibility index (Phi) is 4.88. The number of halogens is 2. The van der Waals surface area contributed by atoms with E-state index < -0.39 is 6.03 Å². The standard InChI is InChI=1S/C23H19Cl2N3O2/c24-18-7-3-6-16(21(18)25)13-8-9-17-19(10-13)27-23(30)28(22(17)29)20-12-26-11-14-4-1-2-5-15(14)20/h1-7,11-13,17,19H,8-10H2,(H,27,30). The Labute approximate surface area is 184 Å². The topological polar surface area (TPSA) is 62.3 Å². The van der Waals surface area contributed by atoms with Crippen LogP contribution in [0, 0.1) is 5.92 Å². The fourth-order valence-electron chi connectivity index (χ4n) is 4.74. The number of aromatic nitrogens is 1. The summed E-state index contributed by atoms with van der Waals surface area (Å²) in [6, 6.07) is 12.6. The van der Waals surface area contributed by atoms with E-state index in [0.717, 1.165) is 22.8 Å². The smallest absolute Gasteiger partial charge is 0.329 e. The molecular weight excluding hydrogens is 421 g/mol. The molecule has 0 spiro atoms. The van der Waals surface area contributed by atoms with E-state index in [1.165, 1.54) is 4.90 Å². The molecule has 3 amide bonds. The Hall–Kier alpha value is -2.63. The van der Waals surface area contributed by atoms with Gasteiger partial charge in [0.1, 0.15) is 0 Å². The highest BCUT2D eigenvalue weighted by Gasteiger charge is 2.45. The molecule has 5 rings (SSSR count). The van der Waals surface area contributed by atoms with E-state index in [2.05, 4.69) is 10.3 Å². The lowest BCUT2D eigenvalue weighted by Gasteiger charge is -2.42. The Bertz CT molecular complexity index is 1160. The van der Waals surface area contributed by atoms with Gasteiger partial charge in [0.05, 0.1) is 27.8 Å². The first kappa shape index (κ1) is 19.3. The third-order valence-electron chi connectivity index (χ3n) is 6.21. The van der Waals surface area contributed by atoms with Gasteiger partial charge < -0.3 is 5.32 Å². The van der Waals surface area contributed by atoms with Gasteiger partial charge in [-0.3, -0.25) is 9.78 Å². The predicted molar refractivity (Wildman–Crippen MR) is 118 cm³/mol. The summed E-state index contributed by atoms with van der Waals surface area (Å²) in [5.74, 6) is -0.287. The summed E-state index contributed by atoms with van der Waals surface area (Å²) in [6.45, 7) is 0. The first-order valence-corrected chi connectivity index (χ1v) is 10.7. The fourth-order valence-corrected chi connectivity index (χ4v) is 5.20. The van der Waals surface area contributed by atoms with Gasteiger partial charge in [-0.05, 0) is 36.8 Å². The van der Waals surface area contributed by atoms with Crippen LogP contribution in [0.25, 0.3) is 10.8 Å². The Morgan fingerprint density at radius 3 is 2.70 bits per heavy atom. The lowest BCUT2D eigenvalue weighted by molar-refractivity contribution is -0.124. The average molecular weight is 440 g/mol. The van der Waals surface area contributed by atoms with Crippen molar-refractivity contribution >= 4 is 51.6 Å². The number of carbonyl (C=O) groups is 2. The molecule has 2 fully saturated rings. The zero-order chi connectivity index (χ0) is 20.8. The van der Waals surface area contributed by atoms with Crippen LogP contribution < -0.4 is 10.2 Å². The van der Waals surface area contributed by atoms with Crippen molar-refractivity contribution in [2.75, 3.05) is 4.90 Å². The highest BCUT2D eigenvalue weighted by Crippen LogP contribution is 2.43. The minimum absolute atomic E-state index is 0.149.